The van der Waals surface area contributed by atoms with Crippen LogP contribution in [0.1, 0.15) is 15.9 Å². The molecule has 0 unspecified atom stereocenters. The van der Waals surface area contributed by atoms with Crippen molar-refractivity contribution in [1.29, 1.82) is 0 Å². The summed E-state index contributed by atoms with van der Waals surface area (Å²) in [7, 11) is 0. The molecular formula is C7H3F3INO. The summed E-state index contributed by atoms with van der Waals surface area (Å²) < 4.78 is 36.8. The number of rotatable bonds is 1. The predicted molar refractivity (Wildman–Crippen MR) is 47.3 cm³/mol. The van der Waals surface area contributed by atoms with E-state index in [0.717, 1.165) is 0 Å². The van der Waals surface area contributed by atoms with E-state index in [2.05, 4.69) is 4.98 Å². The molecule has 1 aromatic heterocycles. The molecule has 13 heavy (non-hydrogen) atoms. The Kier molecular flexibility index (Phi) is 2.89. The zero-order valence-corrected chi connectivity index (χ0v) is 8.26. The van der Waals surface area contributed by atoms with Crippen LogP contribution >= 0.6 is 22.6 Å². The molecule has 1 rings (SSSR count). The van der Waals surface area contributed by atoms with Crippen molar-refractivity contribution in [2.75, 3.05) is 0 Å². The van der Waals surface area contributed by atoms with Gasteiger partial charge >= 0.3 is 6.18 Å². The summed E-state index contributed by atoms with van der Waals surface area (Å²) in [5, 5.41) is 0. The minimum absolute atomic E-state index is 0.187. The fourth-order valence-corrected chi connectivity index (χ4v) is 1.37. The van der Waals surface area contributed by atoms with Crippen LogP contribution in [0, 0.1) is 3.57 Å². The van der Waals surface area contributed by atoms with E-state index in [1.165, 1.54) is 6.20 Å². The van der Waals surface area contributed by atoms with Gasteiger partial charge < -0.3 is 0 Å². The van der Waals surface area contributed by atoms with Crippen LogP contribution in [0.15, 0.2) is 12.4 Å². The Morgan fingerprint density at radius 1 is 1.38 bits per heavy atom. The second-order valence-electron chi connectivity index (χ2n) is 2.20. The van der Waals surface area contributed by atoms with Crippen molar-refractivity contribution >= 4 is 28.9 Å². The SMILES string of the molecule is O=Cc1c(I)cncc1C(F)(F)F. The summed E-state index contributed by atoms with van der Waals surface area (Å²) in [6.07, 6.45) is -2.48. The van der Waals surface area contributed by atoms with Crippen molar-refractivity contribution < 1.29 is 18.0 Å². The van der Waals surface area contributed by atoms with Gasteiger partial charge in [-0.05, 0) is 22.6 Å². The van der Waals surface area contributed by atoms with Gasteiger partial charge in [-0.15, -0.1) is 0 Å². The van der Waals surface area contributed by atoms with Crippen molar-refractivity contribution in [1.82, 2.24) is 4.98 Å². The van der Waals surface area contributed by atoms with Gasteiger partial charge in [-0.25, -0.2) is 0 Å². The molecule has 0 aliphatic rings. The minimum atomic E-state index is -4.52. The zero-order valence-electron chi connectivity index (χ0n) is 6.10. The first kappa shape index (κ1) is 10.4. The van der Waals surface area contributed by atoms with E-state index in [1.54, 1.807) is 22.6 Å². The van der Waals surface area contributed by atoms with Gasteiger partial charge in [0, 0.05) is 21.5 Å². The van der Waals surface area contributed by atoms with E-state index in [-0.39, 0.29) is 15.4 Å². The number of hydrogen-bond donors (Lipinski definition) is 0. The molecule has 0 saturated heterocycles. The Hall–Kier alpha value is -0.660. The fourth-order valence-electron chi connectivity index (χ4n) is 0.791. The molecule has 0 aliphatic heterocycles. The first-order valence-electron chi connectivity index (χ1n) is 3.12. The van der Waals surface area contributed by atoms with Gasteiger partial charge in [0.15, 0.2) is 6.29 Å². The number of aromatic nitrogens is 1. The summed E-state index contributed by atoms with van der Waals surface area (Å²) >= 11 is 1.63. The average molecular weight is 301 g/mol. The molecule has 0 bridgehead atoms. The van der Waals surface area contributed by atoms with Crippen LogP contribution in [0.25, 0.3) is 0 Å². The van der Waals surface area contributed by atoms with E-state index >= 15 is 0 Å². The highest BCUT2D eigenvalue weighted by Gasteiger charge is 2.34. The molecule has 70 valence electrons. The summed E-state index contributed by atoms with van der Waals surface area (Å²) in [6.45, 7) is 0. The Balaban J connectivity index is 3.37. The molecule has 1 heterocycles. The molecule has 0 aliphatic carbocycles. The quantitative estimate of drug-likeness (QED) is 0.589. The second-order valence-corrected chi connectivity index (χ2v) is 3.36. The van der Waals surface area contributed by atoms with Gasteiger partial charge in [-0.2, -0.15) is 13.2 Å². The van der Waals surface area contributed by atoms with Crippen LogP contribution in [-0.2, 0) is 6.18 Å². The number of aldehydes is 1. The highest BCUT2D eigenvalue weighted by atomic mass is 127. The third-order valence-electron chi connectivity index (χ3n) is 1.36. The molecule has 0 fully saturated rings. The average Bonchev–Trinajstić information content (AvgIpc) is 2.02. The second kappa shape index (κ2) is 3.60. The van der Waals surface area contributed by atoms with Crippen LogP contribution in [0.4, 0.5) is 13.2 Å². The van der Waals surface area contributed by atoms with Gasteiger partial charge in [0.2, 0.25) is 0 Å². The predicted octanol–water partition coefficient (Wildman–Crippen LogP) is 2.52. The molecule has 0 spiro atoms. The third kappa shape index (κ3) is 2.17. The topological polar surface area (TPSA) is 30.0 Å². The Bertz CT molecular complexity index is 337. The van der Waals surface area contributed by atoms with Crippen molar-refractivity contribution in [3.8, 4) is 0 Å². The number of carbonyl (C=O) groups is 1. The lowest BCUT2D eigenvalue weighted by Crippen LogP contribution is -2.10. The van der Waals surface area contributed by atoms with Gasteiger partial charge in [-0.1, -0.05) is 0 Å². The molecule has 0 saturated carbocycles. The maximum atomic E-state index is 12.2. The zero-order chi connectivity index (χ0) is 10.1. The van der Waals surface area contributed by atoms with Crippen LogP contribution < -0.4 is 0 Å². The highest BCUT2D eigenvalue weighted by molar-refractivity contribution is 14.1. The van der Waals surface area contributed by atoms with Gasteiger partial charge in [0.05, 0.1) is 5.56 Å². The smallest absolute Gasteiger partial charge is 0.298 e. The molecule has 1 aromatic rings. The molecule has 0 N–H and O–H groups in total. The van der Waals surface area contributed by atoms with Crippen molar-refractivity contribution in [2.24, 2.45) is 0 Å². The number of carbonyl (C=O) groups excluding carboxylic acids is 1. The first-order valence-corrected chi connectivity index (χ1v) is 4.20. The molecular weight excluding hydrogens is 298 g/mol. The van der Waals surface area contributed by atoms with E-state index in [9.17, 15) is 18.0 Å². The Labute approximate surface area is 85.3 Å². The standard InChI is InChI=1S/C7H3F3INO/c8-7(9,10)5-1-12-2-6(11)4(5)3-13/h1-3H. The van der Waals surface area contributed by atoms with Gasteiger partial charge in [0.25, 0.3) is 0 Å². The third-order valence-corrected chi connectivity index (χ3v) is 2.22. The number of hydrogen-bond acceptors (Lipinski definition) is 2. The Morgan fingerprint density at radius 2 is 2.00 bits per heavy atom. The summed E-state index contributed by atoms with van der Waals surface area (Å²) in [5.74, 6) is 0. The molecule has 6 heteroatoms. The lowest BCUT2D eigenvalue weighted by Gasteiger charge is -2.08. The first-order chi connectivity index (χ1) is 5.96. The van der Waals surface area contributed by atoms with E-state index < -0.39 is 11.7 Å². The lowest BCUT2D eigenvalue weighted by molar-refractivity contribution is -0.138. The van der Waals surface area contributed by atoms with Crippen LogP contribution in [-0.4, -0.2) is 11.3 Å². The highest BCUT2D eigenvalue weighted by Crippen LogP contribution is 2.32. The van der Waals surface area contributed by atoms with Crippen LogP contribution in [0.2, 0.25) is 0 Å². The van der Waals surface area contributed by atoms with Crippen molar-refractivity contribution in [3.05, 3.63) is 27.1 Å². The van der Waals surface area contributed by atoms with E-state index in [1.807, 2.05) is 0 Å². The molecule has 2 nitrogen and oxygen atoms in total. The number of alkyl halides is 3. The summed E-state index contributed by atoms with van der Waals surface area (Å²) in [5.41, 5.74) is -1.35. The summed E-state index contributed by atoms with van der Waals surface area (Å²) in [6, 6.07) is 0. The number of halogens is 4. The maximum absolute atomic E-state index is 12.2. The largest absolute Gasteiger partial charge is 0.418 e. The summed E-state index contributed by atoms with van der Waals surface area (Å²) in [4.78, 5) is 13.7. The fraction of sp³-hybridized carbons (Fsp3) is 0.143. The molecule has 0 aromatic carbocycles. The van der Waals surface area contributed by atoms with E-state index in [4.69, 9.17) is 0 Å². The molecule has 0 radical (unpaired) electrons. The normalized spacial score (nSPS) is 11.4. The maximum Gasteiger partial charge on any atom is 0.418 e. The minimum Gasteiger partial charge on any atom is -0.298 e. The van der Waals surface area contributed by atoms with Crippen molar-refractivity contribution in [2.45, 2.75) is 6.18 Å². The van der Waals surface area contributed by atoms with E-state index in [0.29, 0.717) is 6.20 Å². The number of pyridine rings is 1. The van der Waals surface area contributed by atoms with Gasteiger partial charge in [-0.3, -0.25) is 9.78 Å². The van der Waals surface area contributed by atoms with Gasteiger partial charge in [0.1, 0.15) is 0 Å². The Morgan fingerprint density at radius 3 is 2.38 bits per heavy atom. The monoisotopic (exact) mass is 301 g/mol. The van der Waals surface area contributed by atoms with Crippen LogP contribution in [0.3, 0.4) is 0 Å². The van der Waals surface area contributed by atoms with Crippen LogP contribution in [0.5, 0.6) is 0 Å². The number of nitrogens with zero attached hydrogens (tertiary/aromatic N) is 1. The molecule has 0 amide bonds. The van der Waals surface area contributed by atoms with Crippen molar-refractivity contribution in [3.63, 3.8) is 0 Å². The lowest BCUT2D eigenvalue weighted by atomic mass is 10.1. The molecule has 0 atom stereocenters.